The van der Waals surface area contributed by atoms with Gasteiger partial charge in [0.1, 0.15) is 6.10 Å². The normalized spacial score (nSPS) is 17.7. The van der Waals surface area contributed by atoms with Crippen LogP contribution in [0.1, 0.15) is 24.0 Å². The van der Waals surface area contributed by atoms with Crippen LogP contribution in [0.4, 0.5) is 4.79 Å². The summed E-state index contributed by atoms with van der Waals surface area (Å²) >= 11 is 0. The third-order valence-electron chi connectivity index (χ3n) is 3.61. The smallest absolute Gasteiger partial charge is 0.409 e. The molecule has 1 aromatic carbocycles. The number of ether oxygens (including phenoxy) is 1. The van der Waals surface area contributed by atoms with Crippen LogP contribution >= 0.6 is 0 Å². The first-order valence-corrected chi connectivity index (χ1v) is 7.28. The van der Waals surface area contributed by atoms with Gasteiger partial charge in [0.15, 0.2) is 0 Å². The predicted molar refractivity (Wildman–Crippen MR) is 80.0 cm³/mol. The number of rotatable bonds is 6. The number of cyclic esters (lactones) is 1. The number of amides is 2. The molecule has 1 fully saturated rings. The zero-order valence-electron chi connectivity index (χ0n) is 12.6. The number of likely N-dealkylation sites (N-methyl/N-ethyl adjacent to an activating group) is 1. The van der Waals surface area contributed by atoms with Gasteiger partial charge in [0.25, 0.3) is 0 Å². The van der Waals surface area contributed by atoms with Gasteiger partial charge in [0, 0.05) is 26.4 Å². The quantitative estimate of drug-likeness (QED) is 0.870. The van der Waals surface area contributed by atoms with E-state index in [0.29, 0.717) is 25.9 Å². The highest BCUT2D eigenvalue weighted by Gasteiger charge is 2.27. The second kappa shape index (κ2) is 7.11. The van der Waals surface area contributed by atoms with Crippen molar-refractivity contribution >= 4 is 12.0 Å². The molecule has 5 heteroatoms. The summed E-state index contributed by atoms with van der Waals surface area (Å²) in [7, 11) is 1.71. The maximum atomic E-state index is 11.8. The van der Waals surface area contributed by atoms with Crippen molar-refractivity contribution in [1.82, 2.24) is 10.2 Å². The highest BCUT2D eigenvalue weighted by molar-refractivity contribution is 5.76. The Morgan fingerprint density at radius 2 is 2.10 bits per heavy atom. The Balaban J connectivity index is 1.62. The molecule has 5 nitrogen and oxygen atoms in total. The lowest BCUT2D eigenvalue weighted by molar-refractivity contribution is -0.121. The fourth-order valence-electron chi connectivity index (χ4n) is 2.27. The number of aryl methyl sites for hydroxylation is 2. The van der Waals surface area contributed by atoms with Gasteiger partial charge >= 0.3 is 6.09 Å². The molecule has 1 saturated heterocycles. The largest absolute Gasteiger partial charge is 0.444 e. The van der Waals surface area contributed by atoms with Crippen LogP contribution in [-0.4, -0.2) is 43.1 Å². The van der Waals surface area contributed by atoms with Crippen LogP contribution in [0.5, 0.6) is 0 Å². The third kappa shape index (κ3) is 4.77. The minimum atomic E-state index is -0.286. The van der Waals surface area contributed by atoms with Gasteiger partial charge in [-0.2, -0.15) is 0 Å². The Morgan fingerprint density at radius 3 is 2.71 bits per heavy atom. The fraction of sp³-hybridized carbons (Fsp3) is 0.500. The molecule has 21 heavy (non-hydrogen) atoms. The van der Waals surface area contributed by atoms with E-state index in [1.165, 1.54) is 11.1 Å². The lowest BCUT2D eigenvalue weighted by Crippen LogP contribution is -2.28. The van der Waals surface area contributed by atoms with E-state index in [9.17, 15) is 9.59 Å². The van der Waals surface area contributed by atoms with Crippen LogP contribution in [0.15, 0.2) is 24.3 Å². The Morgan fingerprint density at radius 1 is 1.38 bits per heavy atom. The lowest BCUT2D eigenvalue weighted by Gasteiger charge is -2.09. The summed E-state index contributed by atoms with van der Waals surface area (Å²) < 4.78 is 5.13. The molecule has 0 spiro atoms. The second-order valence-electron chi connectivity index (χ2n) is 5.51. The molecule has 1 aromatic rings. The van der Waals surface area contributed by atoms with Gasteiger partial charge in [-0.1, -0.05) is 29.8 Å². The standard InChI is InChI=1S/C16H22N2O3/c1-12-3-5-13(6-4-12)7-8-15(19)17-10-9-14-11-18(2)16(20)21-14/h3-6,14H,7-11H2,1-2H3,(H,17,19). The average Bonchev–Trinajstić information content (AvgIpc) is 2.77. The van der Waals surface area contributed by atoms with Gasteiger partial charge in [-0.05, 0) is 18.9 Å². The second-order valence-corrected chi connectivity index (χ2v) is 5.51. The van der Waals surface area contributed by atoms with E-state index in [-0.39, 0.29) is 18.1 Å². The van der Waals surface area contributed by atoms with Crippen molar-refractivity contribution < 1.29 is 14.3 Å². The maximum Gasteiger partial charge on any atom is 0.409 e. The van der Waals surface area contributed by atoms with Gasteiger partial charge in [-0.15, -0.1) is 0 Å². The fourth-order valence-corrected chi connectivity index (χ4v) is 2.27. The topological polar surface area (TPSA) is 58.6 Å². The van der Waals surface area contributed by atoms with E-state index < -0.39 is 0 Å². The van der Waals surface area contributed by atoms with Crippen molar-refractivity contribution in [3.8, 4) is 0 Å². The van der Waals surface area contributed by atoms with Crippen molar-refractivity contribution in [2.24, 2.45) is 0 Å². The summed E-state index contributed by atoms with van der Waals surface area (Å²) in [5.41, 5.74) is 2.39. The van der Waals surface area contributed by atoms with Crippen molar-refractivity contribution in [2.45, 2.75) is 32.3 Å². The highest BCUT2D eigenvalue weighted by Crippen LogP contribution is 2.11. The number of carbonyl (C=O) groups is 2. The van der Waals surface area contributed by atoms with E-state index >= 15 is 0 Å². The van der Waals surface area contributed by atoms with Crippen LogP contribution in [0.3, 0.4) is 0 Å². The molecule has 114 valence electrons. The Kier molecular flexibility index (Phi) is 5.20. The van der Waals surface area contributed by atoms with Gasteiger partial charge < -0.3 is 15.0 Å². The molecule has 0 aliphatic carbocycles. The van der Waals surface area contributed by atoms with E-state index in [1.807, 2.05) is 6.92 Å². The first kappa shape index (κ1) is 15.4. The molecule has 0 aromatic heterocycles. The zero-order chi connectivity index (χ0) is 15.2. The summed E-state index contributed by atoms with van der Waals surface area (Å²) in [4.78, 5) is 24.5. The molecule has 0 saturated carbocycles. The molecule has 1 atom stereocenters. The van der Waals surface area contributed by atoms with Crippen LogP contribution in [0.2, 0.25) is 0 Å². The van der Waals surface area contributed by atoms with Crippen LogP contribution in [0.25, 0.3) is 0 Å². The van der Waals surface area contributed by atoms with E-state index in [4.69, 9.17) is 4.74 Å². The number of benzene rings is 1. The Labute approximate surface area is 125 Å². The molecular formula is C16H22N2O3. The third-order valence-corrected chi connectivity index (χ3v) is 3.61. The molecule has 0 radical (unpaired) electrons. The molecule has 1 N–H and O–H groups in total. The first-order valence-electron chi connectivity index (χ1n) is 7.28. The first-order chi connectivity index (χ1) is 10.0. The summed E-state index contributed by atoms with van der Waals surface area (Å²) in [5.74, 6) is 0.0354. The number of carbonyl (C=O) groups excluding carboxylic acids is 2. The number of nitrogens with zero attached hydrogens (tertiary/aromatic N) is 1. The van der Waals surface area contributed by atoms with Gasteiger partial charge in [-0.25, -0.2) is 4.79 Å². The lowest BCUT2D eigenvalue weighted by atomic mass is 10.1. The Bertz CT molecular complexity index is 499. The van der Waals surface area contributed by atoms with Crippen molar-refractivity contribution in [3.05, 3.63) is 35.4 Å². The molecule has 1 heterocycles. The summed E-state index contributed by atoms with van der Waals surface area (Å²) in [6.07, 6.45) is 1.48. The minimum Gasteiger partial charge on any atom is -0.444 e. The van der Waals surface area contributed by atoms with E-state index in [0.717, 1.165) is 6.42 Å². The van der Waals surface area contributed by atoms with Crippen LogP contribution in [-0.2, 0) is 16.0 Å². The predicted octanol–water partition coefficient (Wildman–Crippen LogP) is 1.88. The van der Waals surface area contributed by atoms with Gasteiger partial charge in [0.05, 0.1) is 6.54 Å². The summed E-state index contributed by atoms with van der Waals surface area (Å²) in [6, 6.07) is 8.21. The molecule has 2 rings (SSSR count). The number of nitrogens with one attached hydrogen (secondary N) is 1. The van der Waals surface area contributed by atoms with Gasteiger partial charge in [0.2, 0.25) is 5.91 Å². The monoisotopic (exact) mass is 290 g/mol. The van der Waals surface area contributed by atoms with Crippen molar-refractivity contribution in [3.63, 3.8) is 0 Å². The highest BCUT2D eigenvalue weighted by atomic mass is 16.6. The number of hydrogen-bond acceptors (Lipinski definition) is 3. The Hall–Kier alpha value is -2.04. The van der Waals surface area contributed by atoms with Crippen molar-refractivity contribution in [1.29, 1.82) is 0 Å². The molecule has 0 bridgehead atoms. The molecule has 1 aliphatic rings. The van der Waals surface area contributed by atoms with Crippen LogP contribution in [0, 0.1) is 6.92 Å². The maximum absolute atomic E-state index is 11.8. The zero-order valence-corrected chi connectivity index (χ0v) is 12.6. The minimum absolute atomic E-state index is 0.0354. The molecule has 1 aliphatic heterocycles. The van der Waals surface area contributed by atoms with E-state index in [1.54, 1.807) is 11.9 Å². The number of hydrogen-bond donors (Lipinski definition) is 1. The van der Waals surface area contributed by atoms with Gasteiger partial charge in [-0.3, -0.25) is 4.79 Å². The summed E-state index contributed by atoms with van der Waals surface area (Å²) in [6.45, 7) is 3.18. The van der Waals surface area contributed by atoms with Crippen molar-refractivity contribution in [2.75, 3.05) is 20.1 Å². The summed E-state index contributed by atoms with van der Waals surface area (Å²) in [5, 5.41) is 2.87. The molecule has 1 unspecified atom stereocenters. The van der Waals surface area contributed by atoms with E-state index in [2.05, 4.69) is 29.6 Å². The van der Waals surface area contributed by atoms with Crippen LogP contribution < -0.4 is 5.32 Å². The molecular weight excluding hydrogens is 268 g/mol. The SMILES string of the molecule is Cc1ccc(CCC(=O)NCCC2CN(C)C(=O)O2)cc1. The average molecular weight is 290 g/mol. The molecule has 2 amide bonds.